The van der Waals surface area contributed by atoms with E-state index in [0.717, 1.165) is 5.56 Å². The van der Waals surface area contributed by atoms with E-state index in [4.69, 9.17) is 34.8 Å². The second-order valence-corrected chi connectivity index (χ2v) is 4.94. The lowest BCUT2D eigenvalue weighted by molar-refractivity contribution is 0.597. The largest absolute Gasteiger partial charge is 0.235 e. The van der Waals surface area contributed by atoms with Crippen LogP contribution in [0.4, 0.5) is 4.39 Å². The van der Waals surface area contributed by atoms with Crippen molar-refractivity contribution in [3.05, 3.63) is 56.3 Å². The maximum absolute atomic E-state index is 13.3. The molecule has 0 N–H and O–H groups in total. The molecule has 18 heavy (non-hydrogen) atoms. The van der Waals surface area contributed by atoms with E-state index in [1.807, 2.05) is 0 Å². The number of hydrogen-bond donors (Lipinski definition) is 0. The Morgan fingerprint density at radius 2 is 1.89 bits per heavy atom. The molecule has 0 atom stereocenters. The molecular formula is C12H8Cl3FN2. The first-order valence-electron chi connectivity index (χ1n) is 5.10. The normalized spacial score (nSPS) is 10.7. The van der Waals surface area contributed by atoms with Crippen molar-refractivity contribution in [1.82, 2.24) is 9.97 Å². The van der Waals surface area contributed by atoms with Crippen molar-refractivity contribution in [2.75, 3.05) is 0 Å². The Morgan fingerprint density at radius 1 is 1.17 bits per heavy atom. The topological polar surface area (TPSA) is 25.8 Å². The zero-order chi connectivity index (χ0) is 13.3. The van der Waals surface area contributed by atoms with E-state index in [0.29, 0.717) is 22.3 Å². The Morgan fingerprint density at radius 3 is 2.50 bits per heavy atom. The van der Waals surface area contributed by atoms with Gasteiger partial charge in [-0.05, 0) is 24.6 Å². The van der Waals surface area contributed by atoms with Crippen molar-refractivity contribution in [1.29, 1.82) is 0 Å². The van der Waals surface area contributed by atoms with Crippen LogP contribution in [-0.4, -0.2) is 9.97 Å². The molecule has 0 aliphatic heterocycles. The predicted octanol–water partition coefficient (Wildman–Crippen LogP) is 4.48. The highest BCUT2D eigenvalue weighted by atomic mass is 35.5. The van der Waals surface area contributed by atoms with Gasteiger partial charge in [0.1, 0.15) is 5.82 Å². The fourth-order valence-electron chi connectivity index (χ4n) is 1.49. The highest BCUT2D eigenvalue weighted by Crippen LogP contribution is 2.23. The quantitative estimate of drug-likeness (QED) is 0.765. The van der Waals surface area contributed by atoms with Gasteiger partial charge in [0.15, 0.2) is 11.0 Å². The molecule has 6 heteroatoms. The number of aryl methyl sites for hydroxylation is 1. The summed E-state index contributed by atoms with van der Waals surface area (Å²) in [4.78, 5) is 7.91. The molecule has 2 rings (SSSR count). The third kappa shape index (κ3) is 2.91. The summed E-state index contributed by atoms with van der Waals surface area (Å²) in [6.45, 7) is 1.54. The van der Waals surface area contributed by atoms with Crippen molar-refractivity contribution >= 4 is 34.8 Å². The van der Waals surface area contributed by atoms with E-state index in [1.165, 1.54) is 6.92 Å². The fraction of sp³-hybridized carbons (Fsp3) is 0.167. The molecule has 0 radical (unpaired) electrons. The highest BCUT2D eigenvalue weighted by Gasteiger charge is 2.11. The van der Waals surface area contributed by atoms with Crippen LogP contribution in [0.25, 0.3) is 0 Å². The molecule has 94 valence electrons. The number of halogens is 4. The Bertz CT molecular complexity index is 579. The highest BCUT2D eigenvalue weighted by molar-refractivity contribution is 6.35. The predicted molar refractivity (Wildman–Crippen MR) is 71.0 cm³/mol. The van der Waals surface area contributed by atoms with Crippen LogP contribution in [0.5, 0.6) is 0 Å². The van der Waals surface area contributed by atoms with Crippen LogP contribution in [0.1, 0.15) is 17.1 Å². The van der Waals surface area contributed by atoms with E-state index >= 15 is 0 Å². The summed E-state index contributed by atoms with van der Waals surface area (Å²) in [5, 5.41) is 0.893. The van der Waals surface area contributed by atoms with Gasteiger partial charge in [0.25, 0.3) is 0 Å². The number of rotatable bonds is 2. The van der Waals surface area contributed by atoms with Crippen LogP contribution in [-0.2, 0) is 6.42 Å². The molecule has 0 fully saturated rings. The fourth-order valence-corrected chi connectivity index (χ4v) is 2.20. The molecule has 0 amide bonds. The van der Waals surface area contributed by atoms with E-state index in [2.05, 4.69) is 9.97 Å². The van der Waals surface area contributed by atoms with E-state index in [-0.39, 0.29) is 10.8 Å². The molecule has 0 aliphatic rings. The van der Waals surface area contributed by atoms with Crippen LogP contribution in [0.3, 0.4) is 0 Å². The average molecular weight is 306 g/mol. The van der Waals surface area contributed by atoms with E-state index in [1.54, 1.807) is 18.2 Å². The van der Waals surface area contributed by atoms with Crippen molar-refractivity contribution < 1.29 is 4.39 Å². The first kappa shape index (κ1) is 13.5. The van der Waals surface area contributed by atoms with Gasteiger partial charge in [-0.1, -0.05) is 40.9 Å². The average Bonchev–Trinajstić information content (AvgIpc) is 2.29. The number of benzene rings is 1. The number of aromatic nitrogens is 2. The van der Waals surface area contributed by atoms with Gasteiger partial charge >= 0.3 is 0 Å². The SMILES string of the molecule is Cc1nc(Cc2ccc(Cl)cc2Cl)nc(Cl)c1F. The summed E-state index contributed by atoms with van der Waals surface area (Å²) in [7, 11) is 0. The molecule has 0 saturated heterocycles. The smallest absolute Gasteiger partial charge is 0.181 e. The first-order valence-corrected chi connectivity index (χ1v) is 6.23. The molecule has 2 nitrogen and oxygen atoms in total. The Balaban J connectivity index is 2.34. The van der Waals surface area contributed by atoms with Crippen molar-refractivity contribution in [2.24, 2.45) is 0 Å². The van der Waals surface area contributed by atoms with Gasteiger partial charge in [-0.25, -0.2) is 14.4 Å². The van der Waals surface area contributed by atoms with Gasteiger partial charge in [0.2, 0.25) is 0 Å². The van der Waals surface area contributed by atoms with Crippen LogP contribution in [0.15, 0.2) is 18.2 Å². The van der Waals surface area contributed by atoms with Crippen LogP contribution in [0, 0.1) is 12.7 Å². The minimum atomic E-state index is -0.595. The van der Waals surface area contributed by atoms with Gasteiger partial charge < -0.3 is 0 Å². The molecule has 0 spiro atoms. The summed E-state index contributed by atoms with van der Waals surface area (Å²) < 4.78 is 13.3. The number of nitrogens with zero attached hydrogens (tertiary/aromatic N) is 2. The van der Waals surface area contributed by atoms with Crippen molar-refractivity contribution in [2.45, 2.75) is 13.3 Å². The third-order valence-electron chi connectivity index (χ3n) is 2.39. The third-order valence-corrected chi connectivity index (χ3v) is 3.22. The molecule has 2 aromatic rings. The minimum absolute atomic E-state index is 0.178. The molecule has 0 unspecified atom stereocenters. The van der Waals surface area contributed by atoms with Gasteiger partial charge in [-0.3, -0.25) is 0 Å². The second-order valence-electron chi connectivity index (χ2n) is 3.74. The van der Waals surface area contributed by atoms with Gasteiger partial charge in [0, 0.05) is 16.5 Å². The van der Waals surface area contributed by atoms with Crippen molar-refractivity contribution in [3.8, 4) is 0 Å². The second kappa shape index (κ2) is 5.39. The van der Waals surface area contributed by atoms with Gasteiger partial charge in [0.05, 0.1) is 5.69 Å². The zero-order valence-electron chi connectivity index (χ0n) is 9.35. The molecule has 0 bridgehead atoms. The molecule has 0 saturated carbocycles. The summed E-state index contributed by atoms with van der Waals surface area (Å²) >= 11 is 17.5. The van der Waals surface area contributed by atoms with E-state index in [9.17, 15) is 4.39 Å². The number of hydrogen-bond acceptors (Lipinski definition) is 2. The summed E-state index contributed by atoms with van der Waals surface area (Å²) in [6.07, 6.45) is 0.372. The molecule has 1 heterocycles. The monoisotopic (exact) mass is 304 g/mol. The Labute approximate surface area is 119 Å². The Hall–Kier alpha value is -0.900. The van der Waals surface area contributed by atoms with Gasteiger partial charge in [-0.15, -0.1) is 0 Å². The summed E-state index contributed by atoms with van der Waals surface area (Å²) in [5.41, 5.74) is 1.03. The molecule has 1 aromatic heterocycles. The minimum Gasteiger partial charge on any atom is -0.235 e. The van der Waals surface area contributed by atoms with Crippen LogP contribution in [0.2, 0.25) is 15.2 Å². The molecule has 0 aliphatic carbocycles. The van der Waals surface area contributed by atoms with Crippen molar-refractivity contribution in [3.63, 3.8) is 0 Å². The van der Waals surface area contributed by atoms with Crippen LogP contribution < -0.4 is 0 Å². The Kier molecular flexibility index (Phi) is 4.05. The van der Waals surface area contributed by atoms with Crippen LogP contribution >= 0.6 is 34.8 Å². The lowest BCUT2D eigenvalue weighted by Crippen LogP contribution is -2.02. The zero-order valence-corrected chi connectivity index (χ0v) is 11.6. The maximum Gasteiger partial charge on any atom is 0.181 e. The summed E-state index contributed by atoms with van der Waals surface area (Å²) in [6, 6.07) is 5.14. The molecular weight excluding hydrogens is 298 g/mol. The first-order chi connectivity index (χ1) is 8.47. The van der Waals surface area contributed by atoms with E-state index < -0.39 is 5.82 Å². The lowest BCUT2D eigenvalue weighted by Gasteiger charge is -2.06. The standard InChI is InChI=1S/C12H8Cl3FN2/c1-6-11(16)12(15)18-10(17-6)4-7-2-3-8(13)5-9(7)14/h2-3,5H,4H2,1H3. The summed E-state index contributed by atoms with van der Waals surface area (Å²) in [5.74, 6) is -0.175. The lowest BCUT2D eigenvalue weighted by atomic mass is 10.1. The van der Waals surface area contributed by atoms with Gasteiger partial charge in [-0.2, -0.15) is 0 Å². The molecule has 1 aromatic carbocycles. The maximum atomic E-state index is 13.3.